The number of benzene rings is 1. The summed E-state index contributed by atoms with van der Waals surface area (Å²) in [7, 11) is 0. The predicted molar refractivity (Wildman–Crippen MR) is 84.1 cm³/mol. The van der Waals surface area contributed by atoms with Crippen LogP contribution in [0.2, 0.25) is 10.2 Å². The van der Waals surface area contributed by atoms with Crippen LogP contribution in [0.1, 0.15) is 6.42 Å². The third kappa shape index (κ3) is 2.80. The molecular weight excluding hydrogens is 327 g/mol. The first-order chi connectivity index (χ1) is 10.6. The number of aromatic amines is 1. The average Bonchev–Trinajstić information content (AvgIpc) is 3.06. The van der Waals surface area contributed by atoms with Gasteiger partial charge in [-0.25, -0.2) is 0 Å². The largest absolute Gasteiger partial charge is 0.322 e. The standard InChI is InChI=1S/C14H12Cl2N4O2/c15-9-3-1-2-4-11(9)20-7-8(5-12(20)21)14(22)18-10-6-17-19-13(10)16/h1-4,6,8H,5,7H2,(H,17,19)(H,18,22). The van der Waals surface area contributed by atoms with Crippen LogP contribution < -0.4 is 10.2 Å². The van der Waals surface area contributed by atoms with Gasteiger partial charge in [-0.2, -0.15) is 5.10 Å². The van der Waals surface area contributed by atoms with E-state index in [-0.39, 0.29) is 29.9 Å². The van der Waals surface area contributed by atoms with Gasteiger partial charge >= 0.3 is 0 Å². The van der Waals surface area contributed by atoms with E-state index in [1.54, 1.807) is 24.3 Å². The topological polar surface area (TPSA) is 78.1 Å². The molecule has 2 N–H and O–H groups in total. The summed E-state index contributed by atoms with van der Waals surface area (Å²) in [6.45, 7) is 0.282. The normalized spacial score (nSPS) is 17.8. The molecular formula is C14H12Cl2N4O2. The number of anilines is 2. The Labute approximate surface area is 136 Å². The minimum atomic E-state index is -0.463. The van der Waals surface area contributed by atoms with Gasteiger partial charge in [0.25, 0.3) is 0 Å². The summed E-state index contributed by atoms with van der Waals surface area (Å²) in [6.07, 6.45) is 1.55. The van der Waals surface area contributed by atoms with E-state index in [1.165, 1.54) is 11.1 Å². The van der Waals surface area contributed by atoms with Crippen molar-refractivity contribution in [2.24, 2.45) is 5.92 Å². The van der Waals surface area contributed by atoms with Crippen LogP contribution in [0.15, 0.2) is 30.5 Å². The van der Waals surface area contributed by atoms with E-state index in [2.05, 4.69) is 15.5 Å². The Kier molecular flexibility index (Phi) is 4.04. The number of nitrogens with one attached hydrogen (secondary N) is 2. The molecule has 1 saturated heterocycles. The fourth-order valence-corrected chi connectivity index (χ4v) is 2.76. The average molecular weight is 339 g/mol. The molecule has 2 amide bonds. The maximum atomic E-state index is 12.2. The Bertz CT molecular complexity index is 731. The quantitative estimate of drug-likeness (QED) is 0.903. The third-order valence-electron chi connectivity index (χ3n) is 3.49. The number of rotatable bonds is 3. The Morgan fingerprint density at radius 1 is 1.36 bits per heavy atom. The zero-order valence-electron chi connectivity index (χ0n) is 11.3. The highest BCUT2D eigenvalue weighted by atomic mass is 35.5. The van der Waals surface area contributed by atoms with E-state index in [9.17, 15) is 9.59 Å². The monoisotopic (exact) mass is 338 g/mol. The summed E-state index contributed by atoms with van der Waals surface area (Å²) in [6, 6.07) is 7.06. The maximum Gasteiger partial charge on any atom is 0.229 e. The number of amides is 2. The Hall–Kier alpha value is -2.05. The van der Waals surface area contributed by atoms with E-state index in [4.69, 9.17) is 23.2 Å². The van der Waals surface area contributed by atoms with Crippen molar-refractivity contribution in [2.75, 3.05) is 16.8 Å². The smallest absolute Gasteiger partial charge is 0.229 e. The number of nitrogens with zero attached hydrogens (tertiary/aromatic N) is 2. The third-order valence-corrected chi connectivity index (χ3v) is 4.10. The first kappa shape index (κ1) is 14.9. The molecule has 1 aliphatic heterocycles. The molecule has 0 spiro atoms. The molecule has 1 aromatic carbocycles. The second-order valence-electron chi connectivity index (χ2n) is 4.94. The molecule has 1 unspecified atom stereocenters. The van der Waals surface area contributed by atoms with Crippen molar-refractivity contribution in [3.8, 4) is 0 Å². The molecule has 114 valence electrons. The summed E-state index contributed by atoms with van der Waals surface area (Å²) < 4.78 is 0. The summed E-state index contributed by atoms with van der Waals surface area (Å²) >= 11 is 11.9. The molecule has 0 radical (unpaired) electrons. The second-order valence-corrected chi connectivity index (χ2v) is 5.73. The van der Waals surface area contributed by atoms with Crippen LogP contribution in [0.25, 0.3) is 0 Å². The van der Waals surface area contributed by atoms with Crippen LogP contribution in [-0.4, -0.2) is 28.6 Å². The van der Waals surface area contributed by atoms with Gasteiger partial charge in [0.2, 0.25) is 11.8 Å². The number of aromatic nitrogens is 2. The number of hydrogen-bond acceptors (Lipinski definition) is 3. The molecule has 1 aliphatic rings. The van der Waals surface area contributed by atoms with Crippen LogP contribution in [0, 0.1) is 5.92 Å². The van der Waals surface area contributed by atoms with Gasteiger partial charge in [0.15, 0.2) is 0 Å². The highest BCUT2D eigenvalue weighted by Crippen LogP contribution is 2.31. The van der Waals surface area contributed by atoms with E-state index in [0.717, 1.165) is 0 Å². The Morgan fingerprint density at radius 3 is 2.82 bits per heavy atom. The fourth-order valence-electron chi connectivity index (χ4n) is 2.38. The van der Waals surface area contributed by atoms with E-state index >= 15 is 0 Å². The van der Waals surface area contributed by atoms with E-state index < -0.39 is 5.92 Å². The predicted octanol–water partition coefficient (Wildman–Crippen LogP) is 2.71. The zero-order valence-corrected chi connectivity index (χ0v) is 12.9. The molecule has 0 bridgehead atoms. The van der Waals surface area contributed by atoms with Crippen LogP contribution >= 0.6 is 23.2 Å². The molecule has 1 atom stereocenters. The van der Waals surface area contributed by atoms with Crippen molar-refractivity contribution in [2.45, 2.75) is 6.42 Å². The van der Waals surface area contributed by atoms with E-state index in [0.29, 0.717) is 16.4 Å². The van der Waals surface area contributed by atoms with Gasteiger partial charge in [0, 0.05) is 13.0 Å². The lowest BCUT2D eigenvalue weighted by Gasteiger charge is -2.17. The van der Waals surface area contributed by atoms with Gasteiger partial charge in [-0.1, -0.05) is 35.3 Å². The molecule has 8 heteroatoms. The minimum Gasteiger partial charge on any atom is -0.322 e. The van der Waals surface area contributed by atoms with Gasteiger partial charge in [-0.05, 0) is 12.1 Å². The lowest BCUT2D eigenvalue weighted by Crippen LogP contribution is -2.28. The lowest BCUT2D eigenvalue weighted by atomic mass is 10.1. The molecule has 0 saturated carbocycles. The van der Waals surface area contributed by atoms with Crippen LogP contribution in [0.5, 0.6) is 0 Å². The first-order valence-corrected chi connectivity index (χ1v) is 7.36. The minimum absolute atomic E-state index is 0.131. The summed E-state index contributed by atoms with van der Waals surface area (Å²) in [5.74, 6) is -0.868. The molecule has 3 rings (SSSR count). The lowest BCUT2D eigenvalue weighted by molar-refractivity contribution is -0.122. The van der Waals surface area contributed by atoms with Gasteiger partial charge in [-0.15, -0.1) is 0 Å². The highest BCUT2D eigenvalue weighted by Gasteiger charge is 2.36. The number of carbonyl (C=O) groups is 2. The molecule has 22 heavy (non-hydrogen) atoms. The van der Waals surface area contributed by atoms with Crippen molar-refractivity contribution >= 4 is 46.4 Å². The van der Waals surface area contributed by atoms with Gasteiger partial charge < -0.3 is 10.2 Å². The Balaban J connectivity index is 1.73. The van der Waals surface area contributed by atoms with Crippen LogP contribution in [-0.2, 0) is 9.59 Å². The number of H-pyrrole nitrogens is 1. The molecule has 2 aromatic rings. The maximum absolute atomic E-state index is 12.2. The second kappa shape index (κ2) is 5.98. The van der Waals surface area contributed by atoms with Gasteiger partial charge in [0.05, 0.1) is 28.5 Å². The molecule has 0 aliphatic carbocycles. The van der Waals surface area contributed by atoms with Crippen molar-refractivity contribution in [1.82, 2.24) is 10.2 Å². The summed E-state index contributed by atoms with van der Waals surface area (Å²) in [4.78, 5) is 25.9. The van der Waals surface area contributed by atoms with E-state index in [1.807, 2.05) is 0 Å². The molecule has 1 aromatic heterocycles. The van der Waals surface area contributed by atoms with Crippen LogP contribution in [0.4, 0.5) is 11.4 Å². The fraction of sp³-hybridized carbons (Fsp3) is 0.214. The van der Waals surface area contributed by atoms with Crippen molar-refractivity contribution in [3.63, 3.8) is 0 Å². The summed E-state index contributed by atoms with van der Waals surface area (Å²) in [5, 5.41) is 9.64. The number of carbonyl (C=O) groups excluding carboxylic acids is 2. The number of hydrogen-bond donors (Lipinski definition) is 2. The first-order valence-electron chi connectivity index (χ1n) is 6.61. The molecule has 6 nitrogen and oxygen atoms in total. The molecule has 2 heterocycles. The number of halogens is 2. The van der Waals surface area contributed by atoms with Crippen molar-refractivity contribution in [1.29, 1.82) is 0 Å². The summed E-state index contributed by atoms with van der Waals surface area (Å²) in [5.41, 5.74) is 1.01. The number of para-hydroxylation sites is 1. The van der Waals surface area contributed by atoms with Crippen LogP contribution in [0.3, 0.4) is 0 Å². The highest BCUT2D eigenvalue weighted by molar-refractivity contribution is 6.34. The zero-order chi connectivity index (χ0) is 15.7. The van der Waals surface area contributed by atoms with Crippen molar-refractivity contribution in [3.05, 3.63) is 40.6 Å². The van der Waals surface area contributed by atoms with Crippen molar-refractivity contribution < 1.29 is 9.59 Å². The SMILES string of the molecule is O=C(Nc1cn[nH]c1Cl)C1CC(=O)N(c2ccccc2Cl)C1. The van der Waals surface area contributed by atoms with Gasteiger partial charge in [0.1, 0.15) is 5.15 Å². The Morgan fingerprint density at radius 2 is 2.14 bits per heavy atom. The van der Waals surface area contributed by atoms with Gasteiger partial charge in [-0.3, -0.25) is 14.7 Å². The molecule has 1 fully saturated rings.